The molecule has 4 rings (SSSR count). The van der Waals surface area contributed by atoms with Gasteiger partial charge in [0.1, 0.15) is 0 Å². The lowest BCUT2D eigenvalue weighted by molar-refractivity contribution is -0.122. The second-order valence-electron chi connectivity index (χ2n) is 8.27. The summed E-state index contributed by atoms with van der Waals surface area (Å²) in [5.41, 5.74) is 6.71. The summed E-state index contributed by atoms with van der Waals surface area (Å²) in [6.07, 6.45) is 1.61. The molecule has 1 fully saturated rings. The van der Waals surface area contributed by atoms with Crippen LogP contribution < -0.4 is 5.43 Å². The number of aryl methyl sites for hydroxylation is 1. The summed E-state index contributed by atoms with van der Waals surface area (Å²) in [4.78, 5) is 14.5. The summed E-state index contributed by atoms with van der Waals surface area (Å²) in [7, 11) is -3.51. The fourth-order valence-electron chi connectivity index (χ4n) is 3.80. The van der Waals surface area contributed by atoms with E-state index in [1.807, 2.05) is 54.3 Å². The van der Waals surface area contributed by atoms with Crippen LogP contribution in [0.1, 0.15) is 11.1 Å². The van der Waals surface area contributed by atoms with Gasteiger partial charge in [-0.3, -0.25) is 9.69 Å². The van der Waals surface area contributed by atoms with Gasteiger partial charge in [0, 0.05) is 26.2 Å². The van der Waals surface area contributed by atoms with Crippen LogP contribution in [0.2, 0.25) is 0 Å². The zero-order valence-corrected chi connectivity index (χ0v) is 19.9. The van der Waals surface area contributed by atoms with Gasteiger partial charge in [-0.1, -0.05) is 72.3 Å². The van der Waals surface area contributed by atoms with E-state index in [1.54, 1.807) is 30.5 Å². The standard InChI is InChI=1S/C26H28N4O3S/c1-21-7-13-25(14-8-21)34(32,33)30-17-15-29(16-18-30)20-26(31)28-27-19-22-9-11-24(12-10-22)23-5-3-2-4-6-23/h2-14,19H,15-18,20H2,1H3,(H,28,31). The average molecular weight is 477 g/mol. The number of amides is 1. The molecule has 34 heavy (non-hydrogen) atoms. The first-order valence-corrected chi connectivity index (χ1v) is 12.6. The zero-order chi connectivity index (χ0) is 24.0. The molecule has 1 aliphatic heterocycles. The number of nitrogens with one attached hydrogen (secondary N) is 1. The predicted octanol–water partition coefficient (Wildman–Crippen LogP) is 3.12. The highest BCUT2D eigenvalue weighted by Crippen LogP contribution is 2.19. The Morgan fingerprint density at radius 2 is 1.50 bits per heavy atom. The molecule has 1 N–H and O–H groups in total. The first-order valence-electron chi connectivity index (χ1n) is 11.2. The maximum Gasteiger partial charge on any atom is 0.254 e. The maximum absolute atomic E-state index is 12.8. The number of carbonyl (C=O) groups is 1. The van der Waals surface area contributed by atoms with Crippen LogP contribution in [0.5, 0.6) is 0 Å². The second kappa shape index (κ2) is 10.7. The molecule has 0 spiro atoms. The highest BCUT2D eigenvalue weighted by Gasteiger charge is 2.28. The topological polar surface area (TPSA) is 82.1 Å². The number of sulfonamides is 1. The summed E-state index contributed by atoms with van der Waals surface area (Å²) in [5, 5.41) is 4.05. The zero-order valence-electron chi connectivity index (χ0n) is 19.1. The quantitative estimate of drug-likeness (QED) is 0.420. The summed E-state index contributed by atoms with van der Waals surface area (Å²) in [6.45, 7) is 3.77. The normalized spacial score (nSPS) is 15.4. The van der Waals surface area contributed by atoms with E-state index in [0.29, 0.717) is 31.1 Å². The van der Waals surface area contributed by atoms with Gasteiger partial charge in [-0.05, 0) is 35.7 Å². The lowest BCUT2D eigenvalue weighted by Gasteiger charge is -2.33. The van der Waals surface area contributed by atoms with Crippen molar-refractivity contribution in [3.05, 3.63) is 90.0 Å². The Morgan fingerprint density at radius 1 is 0.882 bits per heavy atom. The van der Waals surface area contributed by atoms with Crippen LogP contribution in [0.25, 0.3) is 11.1 Å². The smallest absolute Gasteiger partial charge is 0.254 e. The van der Waals surface area contributed by atoms with E-state index in [9.17, 15) is 13.2 Å². The van der Waals surface area contributed by atoms with Crippen LogP contribution in [-0.4, -0.2) is 62.5 Å². The van der Waals surface area contributed by atoms with Gasteiger partial charge in [0.05, 0.1) is 17.7 Å². The van der Waals surface area contributed by atoms with Gasteiger partial charge in [0.15, 0.2) is 0 Å². The fraction of sp³-hybridized carbons (Fsp3) is 0.231. The Balaban J connectivity index is 1.23. The molecule has 0 atom stereocenters. The number of hydrogen-bond acceptors (Lipinski definition) is 5. The summed E-state index contributed by atoms with van der Waals surface area (Å²) >= 11 is 0. The molecule has 1 heterocycles. The number of piperazine rings is 1. The minimum absolute atomic E-state index is 0.169. The molecule has 0 unspecified atom stereocenters. The summed E-state index contributed by atoms with van der Waals surface area (Å²) in [5.74, 6) is -0.230. The fourth-order valence-corrected chi connectivity index (χ4v) is 5.22. The Morgan fingerprint density at radius 3 is 2.15 bits per heavy atom. The Kier molecular flexibility index (Phi) is 7.52. The molecular weight excluding hydrogens is 448 g/mol. The summed E-state index contributed by atoms with van der Waals surface area (Å²) in [6, 6.07) is 24.9. The van der Waals surface area contributed by atoms with Crippen molar-refractivity contribution in [1.29, 1.82) is 0 Å². The number of hydrazone groups is 1. The van der Waals surface area contributed by atoms with Crippen molar-refractivity contribution in [2.24, 2.45) is 5.10 Å². The highest BCUT2D eigenvalue weighted by atomic mass is 32.2. The third-order valence-electron chi connectivity index (χ3n) is 5.78. The van der Waals surface area contributed by atoms with Crippen molar-refractivity contribution < 1.29 is 13.2 Å². The monoisotopic (exact) mass is 476 g/mol. The van der Waals surface area contributed by atoms with E-state index >= 15 is 0 Å². The number of nitrogens with zero attached hydrogens (tertiary/aromatic N) is 3. The Bertz CT molecular complexity index is 1230. The van der Waals surface area contributed by atoms with Gasteiger partial charge in [0.25, 0.3) is 5.91 Å². The molecule has 0 aromatic heterocycles. The van der Waals surface area contributed by atoms with Crippen molar-refractivity contribution in [3.8, 4) is 11.1 Å². The SMILES string of the molecule is Cc1ccc(S(=O)(=O)N2CCN(CC(=O)NN=Cc3ccc(-c4ccccc4)cc3)CC2)cc1. The van der Waals surface area contributed by atoms with E-state index in [0.717, 1.165) is 22.3 Å². The van der Waals surface area contributed by atoms with Crippen LogP contribution in [0.4, 0.5) is 0 Å². The minimum Gasteiger partial charge on any atom is -0.292 e. The molecule has 0 aliphatic carbocycles. The lowest BCUT2D eigenvalue weighted by atomic mass is 10.0. The van der Waals surface area contributed by atoms with Crippen molar-refractivity contribution in [1.82, 2.24) is 14.6 Å². The highest BCUT2D eigenvalue weighted by molar-refractivity contribution is 7.89. The van der Waals surface area contributed by atoms with Crippen molar-refractivity contribution >= 4 is 22.1 Å². The van der Waals surface area contributed by atoms with Gasteiger partial charge in [0.2, 0.25) is 10.0 Å². The van der Waals surface area contributed by atoms with E-state index in [4.69, 9.17) is 0 Å². The second-order valence-corrected chi connectivity index (χ2v) is 10.2. The largest absolute Gasteiger partial charge is 0.292 e. The van der Waals surface area contributed by atoms with Crippen molar-refractivity contribution in [3.63, 3.8) is 0 Å². The number of hydrogen-bond donors (Lipinski definition) is 1. The molecule has 1 saturated heterocycles. The van der Waals surface area contributed by atoms with Crippen molar-refractivity contribution in [2.45, 2.75) is 11.8 Å². The van der Waals surface area contributed by atoms with Gasteiger partial charge in [-0.25, -0.2) is 13.8 Å². The maximum atomic E-state index is 12.8. The van der Waals surface area contributed by atoms with Gasteiger partial charge < -0.3 is 0 Å². The molecule has 0 bridgehead atoms. The lowest BCUT2D eigenvalue weighted by Crippen LogP contribution is -2.50. The molecule has 3 aromatic carbocycles. The molecule has 0 saturated carbocycles. The van der Waals surface area contributed by atoms with Gasteiger partial charge >= 0.3 is 0 Å². The van der Waals surface area contributed by atoms with Gasteiger partial charge in [-0.15, -0.1) is 0 Å². The molecule has 1 amide bonds. The molecule has 3 aromatic rings. The predicted molar refractivity (Wildman–Crippen MR) is 134 cm³/mol. The van der Waals surface area contributed by atoms with Crippen LogP contribution in [0, 0.1) is 6.92 Å². The first-order chi connectivity index (χ1) is 16.4. The van der Waals surface area contributed by atoms with E-state index in [-0.39, 0.29) is 12.5 Å². The average Bonchev–Trinajstić information content (AvgIpc) is 2.86. The van der Waals surface area contributed by atoms with Gasteiger partial charge in [-0.2, -0.15) is 9.41 Å². The van der Waals surface area contributed by atoms with Crippen LogP contribution in [-0.2, 0) is 14.8 Å². The van der Waals surface area contributed by atoms with Crippen LogP contribution >= 0.6 is 0 Å². The van der Waals surface area contributed by atoms with Crippen LogP contribution in [0.15, 0.2) is 88.9 Å². The summed E-state index contributed by atoms with van der Waals surface area (Å²) < 4.78 is 27.1. The Labute approximate surface area is 200 Å². The first kappa shape index (κ1) is 23.8. The molecule has 8 heteroatoms. The number of carbonyl (C=O) groups excluding carboxylic acids is 1. The van der Waals surface area contributed by atoms with E-state index in [1.165, 1.54) is 4.31 Å². The van der Waals surface area contributed by atoms with Crippen molar-refractivity contribution in [2.75, 3.05) is 32.7 Å². The minimum atomic E-state index is -3.51. The Hall–Kier alpha value is -3.33. The molecule has 1 aliphatic rings. The van der Waals surface area contributed by atoms with E-state index in [2.05, 4.69) is 22.7 Å². The number of rotatable bonds is 7. The van der Waals surface area contributed by atoms with E-state index < -0.39 is 10.0 Å². The third-order valence-corrected chi connectivity index (χ3v) is 7.69. The molecular formula is C26H28N4O3S. The molecule has 176 valence electrons. The number of benzene rings is 3. The van der Waals surface area contributed by atoms with Crippen LogP contribution in [0.3, 0.4) is 0 Å². The third kappa shape index (κ3) is 5.96. The molecule has 0 radical (unpaired) electrons. The molecule has 7 nitrogen and oxygen atoms in total.